The first kappa shape index (κ1) is 21.6. The van der Waals surface area contributed by atoms with E-state index in [1.54, 1.807) is 25.1 Å². The molecule has 1 aromatic carbocycles. The van der Waals surface area contributed by atoms with Crippen molar-refractivity contribution in [3.05, 3.63) is 34.6 Å². The van der Waals surface area contributed by atoms with Crippen LogP contribution in [-0.4, -0.2) is 82.8 Å². The number of likely N-dealkylation sites (N-methyl/N-ethyl adjacent to an activating group) is 1. The second-order valence-electron chi connectivity index (χ2n) is 9.85. The highest BCUT2D eigenvalue weighted by Crippen LogP contribution is 2.74. The van der Waals surface area contributed by atoms with Crippen molar-refractivity contribution >= 4 is 28.9 Å². The molecule has 10 nitrogen and oxygen atoms in total. The van der Waals surface area contributed by atoms with Gasteiger partial charge in [-0.25, -0.2) is 0 Å². The Hall–Kier alpha value is -3.24. The van der Waals surface area contributed by atoms with Gasteiger partial charge in [0.15, 0.2) is 17.2 Å². The average molecular weight is 455 g/mol. The van der Waals surface area contributed by atoms with Crippen molar-refractivity contribution in [3.8, 4) is 5.75 Å². The van der Waals surface area contributed by atoms with Gasteiger partial charge in [0.1, 0.15) is 28.0 Å². The van der Waals surface area contributed by atoms with Crippen LogP contribution in [0.1, 0.15) is 22.3 Å². The number of benzene rings is 1. The summed E-state index contributed by atoms with van der Waals surface area (Å²) in [6.07, 6.45) is 0.278. The van der Waals surface area contributed by atoms with Crippen LogP contribution in [0, 0.1) is 17.3 Å². The Kier molecular flexibility index (Phi) is 3.93. The van der Waals surface area contributed by atoms with Crippen LogP contribution >= 0.6 is 0 Å². The van der Waals surface area contributed by atoms with Crippen molar-refractivity contribution in [2.45, 2.75) is 24.0 Å². The average Bonchev–Trinajstić information content (AvgIpc) is 3.11. The van der Waals surface area contributed by atoms with Gasteiger partial charge in [-0.3, -0.25) is 24.1 Å². The number of fused-ring (bicyclic) bond motifs is 1. The van der Waals surface area contributed by atoms with Crippen LogP contribution < -0.4 is 10.6 Å². The van der Waals surface area contributed by atoms with E-state index in [-0.39, 0.29) is 24.2 Å². The molecule has 2 saturated carbocycles. The molecule has 0 aliphatic heterocycles. The van der Waals surface area contributed by atoms with E-state index in [1.807, 2.05) is 0 Å². The number of hydrogen-bond acceptors (Lipinski definition) is 9. The molecule has 0 saturated heterocycles. The third kappa shape index (κ3) is 1.88. The Morgan fingerprint density at radius 1 is 1.09 bits per heavy atom. The molecule has 5 rings (SSSR count). The highest BCUT2D eigenvalue weighted by Gasteiger charge is 2.90. The number of aromatic hydroxyl groups is 1. The Morgan fingerprint density at radius 2 is 1.73 bits per heavy atom. The first-order chi connectivity index (χ1) is 15.3. The number of nitrogens with two attached hydrogens (primary N) is 1. The minimum atomic E-state index is -2.68. The molecule has 1 amide bonds. The van der Waals surface area contributed by atoms with Gasteiger partial charge in [0, 0.05) is 25.7 Å². The van der Waals surface area contributed by atoms with Gasteiger partial charge in [-0.05, 0) is 50.6 Å². The predicted molar refractivity (Wildman–Crippen MR) is 115 cm³/mol. The van der Waals surface area contributed by atoms with Gasteiger partial charge in [-0.1, -0.05) is 0 Å². The Morgan fingerprint density at radius 3 is 2.27 bits per heavy atom. The normalized spacial score (nSPS) is 36.4. The number of aliphatic hydroxyl groups excluding tert-OH is 1. The SMILES string of the molecule is CN(C)c1ccc(O)c2c1C[C@H]1C[C@@H]3[C@@]4(O)C(=O)C(C(N)=O)=C(O)[C@]3(N(C)C)C1(C2=O)C4=O. The number of anilines is 1. The van der Waals surface area contributed by atoms with Gasteiger partial charge < -0.3 is 26.0 Å². The molecule has 174 valence electrons. The summed E-state index contributed by atoms with van der Waals surface area (Å²) in [5.74, 6) is -7.35. The molecule has 5 N–H and O–H groups in total. The van der Waals surface area contributed by atoms with Crippen LogP contribution in [0.4, 0.5) is 5.69 Å². The summed E-state index contributed by atoms with van der Waals surface area (Å²) < 4.78 is 0. The summed E-state index contributed by atoms with van der Waals surface area (Å²) in [5.41, 5.74) is -0.941. The number of nitrogens with zero attached hydrogens (tertiary/aromatic N) is 2. The maximum Gasteiger partial charge on any atom is 0.255 e. The zero-order valence-electron chi connectivity index (χ0n) is 18.7. The Balaban J connectivity index is 1.92. The van der Waals surface area contributed by atoms with Crippen molar-refractivity contribution in [3.63, 3.8) is 0 Å². The zero-order chi connectivity index (χ0) is 24.4. The first-order valence-electron chi connectivity index (χ1n) is 10.6. The molecule has 4 aliphatic carbocycles. The zero-order valence-corrected chi connectivity index (χ0v) is 18.7. The second-order valence-corrected chi connectivity index (χ2v) is 9.85. The third-order valence-electron chi connectivity index (χ3n) is 8.35. The van der Waals surface area contributed by atoms with Crippen LogP contribution in [0.3, 0.4) is 0 Å². The van der Waals surface area contributed by atoms with E-state index in [0.29, 0.717) is 11.3 Å². The van der Waals surface area contributed by atoms with Crippen molar-refractivity contribution in [1.29, 1.82) is 0 Å². The Labute approximate surface area is 189 Å². The largest absolute Gasteiger partial charge is 0.509 e. The lowest BCUT2D eigenvalue weighted by molar-refractivity contribution is -0.157. The number of ketones is 3. The van der Waals surface area contributed by atoms with Gasteiger partial charge in [0.2, 0.25) is 5.78 Å². The molecule has 0 aromatic heterocycles. The molecule has 0 radical (unpaired) electrons. The number of phenols is 1. The molecule has 10 heteroatoms. The summed E-state index contributed by atoms with van der Waals surface area (Å²) in [7, 11) is 6.60. The van der Waals surface area contributed by atoms with E-state index in [1.165, 1.54) is 25.1 Å². The number of hydrogen-bond donors (Lipinski definition) is 4. The predicted octanol–water partition coefficient (Wildman–Crippen LogP) is -0.686. The number of rotatable bonds is 3. The number of primary amides is 1. The summed E-state index contributed by atoms with van der Waals surface area (Å²) in [6.45, 7) is 0. The van der Waals surface area contributed by atoms with Gasteiger partial charge >= 0.3 is 0 Å². The third-order valence-corrected chi connectivity index (χ3v) is 8.35. The fraction of sp³-hybridized carbons (Fsp3) is 0.478. The lowest BCUT2D eigenvalue weighted by Gasteiger charge is -2.49. The van der Waals surface area contributed by atoms with E-state index in [2.05, 4.69) is 0 Å². The van der Waals surface area contributed by atoms with E-state index in [9.17, 15) is 34.5 Å². The van der Waals surface area contributed by atoms with Gasteiger partial charge in [0.05, 0.1) is 5.56 Å². The molecule has 33 heavy (non-hydrogen) atoms. The summed E-state index contributed by atoms with van der Waals surface area (Å²) in [4.78, 5) is 56.9. The monoisotopic (exact) mass is 455 g/mol. The number of carbonyl (C=O) groups excluding carboxylic acids is 4. The fourth-order valence-electron chi connectivity index (χ4n) is 7.36. The lowest BCUT2D eigenvalue weighted by Crippen LogP contribution is -2.64. The summed E-state index contributed by atoms with van der Waals surface area (Å²) in [5, 5.41) is 33.6. The van der Waals surface area contributed by atoms with Crippen molar-refractivity contribution in [2.75, 3.05) is 33.1 Å². The Bertz CT molecular complexity index is 1230. The van der Waals surface area contributed by atoms with E-state index < -0.39 is 63.0 Å². The van der Waals surface area contributed by atoms with E-state index in [0.717, 1.165) is 0 Å². The fourth-order valence-corrected chi connectivity index (χ4v) is 7.36. The minimum Gasteiger partial charge on any atom is -0.509 e. The van der Waals surface area contributed by atoms with Gasteiger partial charge in [0.25, 0.3) is 5.91 Å². The summed E-state index contributed by atoms with van der Waals surface area (Å²) in [6, 6.07) is 3.03. The second kappa shape index (κ2) is 6.00. The standard InChI is InChI=1S/C23H25N3O7/c1-25(2)11-5-6-12(27)14-10(11)7-9-8-13-22(33)17(29)15(19(24)31)18(30)23(13,26(3)4)21(9,16(14)28)20(22)32/h5-6,9,13,27,30,33H,7-8H2,1-4H3,(H2,24,31)/t9-,13+,21?,22+,23-/m0/s1. The van der Waals surface area contributed by atoms with Crippen molar-refractivity contribution < 1.29 is 34.5 Å². The van der Waals surface area contributed by atoms with Crippen molar-refractivity contribution in [2.24, 2.45) is 23.0 Å². The quantitative estimate of drug-likeness (QED) is 0.342. The molecular formula is C23H25N3O7. The van der Waals surface area contributed by atoms with E-state index >= 15 is 0 Å². The van der Waals surface area contributed by atoms with Gasteiger partial charge in [-0.15, -0.1) is 0 Å². The van der Waals surface area contributed by atoms with Crippen LogP contribution in [0.5, 0.6) is 5.75 Å². The van der Waals surface area contributed by atoms with Crippen LogP contribution in [0.2, 0.25) is 0 Å². The number of aliphatic hydroxyl groups is 2. The van der Waals surface area contributed by atoms with Crippen LogP contribution in [0.25, 0.3) is 0 Å². The number of Topliss-reactive ketones (excluding diaryl/α,β-unsaturated/α-hetero) is 3. The molecular weight excluding hydrogens is 430 g/mol. The van der Waals surface area contributed by atoms with Crippen LogP contribution in [-0.2, 0) is 20.8 Å². The first-order valence-corrected chi connectivity index (χ1v) is 10.6. The molecule has 4 bridgehead atoms. The molecule has 1 aromatic rings. The molecule has 5 atom stereocenters. The maximum atomic E-state index is 14.3. The van der Waals surface area contributed by atoms with Gasteiger partial charge in [-0.2, -0.15) is 0 Å². The topological polar surface area (TPSA) is 161 Å². The number of phenolic OH excluding ortho intramolecular Hbond substituents is 1. The molecule has 1 unspecified atom stereocenters. The molecule has 1 spiro atoms. The smallest absolute Gasteiger partial charge is 0.255 e. The van der Waals surface area contributed by atoms with E-state index in [4.69, 9.17) is 5.73 Å². The van der Waals surface area contributed by atoms with Crippen LogP contribution in [0.15, 0.2) is 23.5 Å². The van der Waals surface area contributed by atoms with Crippen molar-refractivity contribution in [1.82, 2.24) is 4.90 Å². The number of carbonyl (C=O) groups is 4. The lowest BCUT2D eigenvalue weighted by atomic mass is 9.57. The highest BCUT2D eigenvalue weighted by molar-refractivity contribution is 6.37. The number of amides is 1. The molecule has 0 heterocycles. The maximum absolute atomic E-state index is 14.3. The highest BCUT2D eigenvalue weighted by atomic mass is 16.3. The minimum absolute atomic E-state index is 0.0790. The molecule has 4 aliphatic rings. The summed E-state index contributed by atoms with van der Waals surface area (Å²) >= 11 is 0. The molecule has 2 fully saturated rings.